The van der Waals surface area contributed by atoms with Crippen LogP contribution < -0.4 is 20.1 Å². The molecule has 3 aromatic rings. The number of thiocarbonyl (C=S) groups is 1. The molecule has 2 aromatic carbocycles. The zero-order chi connectivity index (χ0) is 18.5. The quantitative estimate of drug-likeness (QED) is 0.587. The van der Waals surface area contributed by atoms with Crippen molar-refractivity contribution >= 4 is 55.6 Å². The molecule has 0 aliphatic carbocycles. The number of para-hydroxylation sites is 1. The fourth-order valence-electron chi connectivity index (χ4n) is 2.47. The molecular formula is C18H18ClN3O2S2. The zero-order valence-electron chi connectivity index (χ0n) is 14.3. The first-order valence-corrected chi connectivity index (χ1v) is 9.52. The molecule has 5 nitrogen and oxygen atoms in total. The topological polar surface area (TPSA) is 55.4 Å². The number of aromatic nitrogens is 1. The van der Waals surface area contributed by atoms with Crippen molar-refractivity contribution in [3.05, 3.63) is 47.0 Å². The van der Waals surface area contributed by atoms with Gasteiger partial charge >= 0.3 is 0 Å². The standard InChI is InChI=1S/C18H18ClN3O2S2/c1-23-13-7-6-11(10-14(13)24-2)8-9-20-17(25)22-18-21-16-12(19)4-3-5-15(16)26-18/h3-7,10H,8-9H2,1-2H3,(H2,20,21,22,25). The van der Waals surface area contributed by atoms with Gasteiger partial charge in [0.25, 0.3) is 0 Å². The summed E-state index contributed by atoms with van der Waals surface area (Å²) in [6, 6.07) is 11.6. The van der Waals surface area contributed by atoms with Crippen LogP contribution in [0.1, 0.15) is 5.56 Å². The molecule has 1 aromatic heterocycles. The van der Waals surface area contributed by atoms with E-state index in [1.807, 2.05) is 36.4 Å². The number of fused-ring (bicyclic) bond motifs is 1. The highest BCUT2D eigenvalue weighted by molar-refractivity contribution is 7.80. The Kier molecular flexibility index (Phi) is 6.13. The van der Waals surface area contributed by atoms with Crippen LogP contribution in [-0.4, -0.2) is 30.9 Å². The van der Waals surface area contributed by atoms with Crippen molar-refractivity contribution in [2.45, 2.75) is 6.42 Å². The van der Waals surface area contributed by atoms with Crippen LogP contribution in [0.2, 0.25) is 5.02 Å². The van der Waals surface area contributed by atoms with E-state index in [4.69, 9.17) is 33.3 Å². The van der Waals surface area contributed by atoms with Gasteiger partial charge in [0.2, 0.25) is 0 Å². The van der Waals surface area contributed by atoms with Crippen LogP contribution >= 0.6 is 35.2 Å². The van der Waals surface area contributed by atoms with Crippen molar-refractivity contribution < 1.29 is 9.47 Å². The molecule has 0 saturated heterocycles. The highest BCUT2D eigenvalue weighted by Crippen LogP contribution is 2.30. The van der Waals surface area contributed by atoms with E-state index < -0.39 is 0 Å². The van der Waals surface area contributed by atoms with Crippen LogP contribution in [0.15, 0.2) is 36.4 Å². The lowest BCUT2D eigenvalue weighted by molar-refractivity contribution is 0.354. The first-order valence-electron chi connectivity index (χ1n) is 7.91. The van der Waals surface area contributed by atoms with Crippen molar-refractivity contribution in [1.29, 1.82) is 0 Å². The second kappa shape index (κ2) is 8.53. The maximum atomic E-state index is 6.15. The normalized spacial score (nSPS) is 10.6. The Morgan fingerprint density at radius 2 is 2.00 bits per heavy atom. The molecule has 0 bridgehead atoms. The van der Waals surface area contributed by atoms with Crippen molar-refractivity contribution in [3.8, 4) is 11.5 Å². The van der Waals surface area contributed by atoms with E-state index in [-0.39, 0.29) is 0 Å². The summed E-state index contributed by atoms with van der Waals surface area (Å²) < 4.78 is 11.6. The van der Waals surface area contributed by atoms with Crippen LogP contribution in [0.25, 0.3) is 10.2 Å². The Hall–Kier alpha value is -2.09. The van der Waals surface area contributed by atoms with E-state index in [2.05, 4.69) is 15.6 Å². The number of anilines is 1. The molecule has 0 atom stereocenters. The third kappa shape index (κ3) is 4.35. The summed E-state index contributed by atoms with van der Waals surface area (Å²) >= 11 is 13.0. The first kappa shape index (κ1) is 18.7. The molecule has 1 heterocycles. The Labute approximate surface area is 166 Å². The molecule has 26 heavy (non-hydrogen) atoms. The van der Waals surface area contributed by atoms with Gasteiger partial charge in [-0.3, -0.25) is 0 Å². The van der Waals surface area contributed by atoms with E-state index >= 15 is 0 Å². The summed E-state index contributed by atoms with van der Waals surface area (Å²) in [5.74, 6) is 1.44. The third-order valence-electron chi connectivity index (χ3n) is 3.74. The zero-order valence-corrected chi connectivity index (χ0v) is 16.7. The number of ether oxygens (including phenoxy) is 2. The summed E-state index contributed by atoms with van der Waals surface area (Å²) in [7, 11) is 3.25. The van der Waals surface area contributed by atoms with Gasteiger partial charge in [-0.15, -0.1) is 0 Å². The minimum atomic E-state index is 0.528. The molecule has 0 unspecified atom stereocenters. The summed E-state index contributed by atoms with van der Waals surface area (Å²) in [6.07, 6.45) is 0.799. The van der Waals surface area contributed by atoms with Crippen molar-refractivity contribution in [3.63, 3.8) is 0 Å². The Morgan fingerprint density at radius 1 is 1.19 bits per heavy atom. The SMILES string of the molecule is COc1ccc(CCNC(=S)Nc2nc3c(Cl)cccc3s2)cc1OC. The van der Waals surface area contributed by atoms with Crippen LogP contribution in [0.4, 0.5) is 5.13 Å². The van der Waals surface area contributed by atoms with E-state index in [0.717, 1.165) is 38.8 Å². The number of nitrogens with one attached hydrogen (secondary N) is 2. The lowest BCUT2D eigenvalue weighted by Crippen LogP contribution is -2.30. The maximum absolute atomic E-state index is 6.15. The van der Waals surface area contributed by atoms with E-state index in [1.54, 1.807) is 14.2 Å². The minimum Gasteiger partial charge on any atom is -0.493 e. The molecule has 0 aliphatic heterocycles. The Bertz CT molecular complexity index is 930. The molecule has 0 radical (unpaired) electrons. The number of thiazole rings is 1. The van der Waals surface area contributed by atoms with Gasteiger partial charge in [0.15, 0.2) is 21.7 Å². The number of benzene rings is 2. The van der Waals surface area contributed by atoms with Crippen molar-refractivity contribution in [2.24, 2.45) is 0 Å². The van der Waals surface area contributed by atoms with Crippen LogP contribution in [0.5, 0.6) is 11.5 Å². The van der Waals surface area contributed by atoms with Crippen LogP contribution in [0, 0.1) is 0 Å². The molecule has 8 heteroatoms. The van der Waals surface area contributed by atoms with Gasteiger partial charge < -0.3 is 20.1 Å². The summed E-state index contributed by atoms with van der Waals surface area (Å²) in [4.78, 5) is 4.48. The third-order valence-corrected chi connectivity index (χ3v) is 5.22. The van der Waals surface area contributed by atoms with E-state index in [9.17, 15) is 0 Å². The Balaban J connectivity index is 1.54. The van der Waals surface area contributed by atoms with Gasteiger partial charge in [-0.05, 0) is 48.5 Å². The van der Waals surface area contributed by atoms with Gasteiger partial charge in [0.1, 0.15) is 5.52 Å². The second-order valence-corrected chi connectivity index (χ2v) is 7.27. The monoisotopic (exact) mass is 407 g/mol. The molecule has 0 aliphatic rings. The van der Waals surface area contributed by atoms with E-state index in [0.29, 0.717) is 16.7 Å². The smallest absolute Gasteiger partial charge is 0.190 e. The first-order chi connectivity index (χ1) is 12.6. The predicted octanol–water partition coefficient (Wildman–Crippen LogP) is 4.50. The molecule has 136 valence electrons. The number of halogens is 1. The minimum absolute atomic E-state index is 0.528. The largest absolute Gasteiger partial charge is 0.493 e. The van der Waals surface area contributed by atoms with Gasteiger partial charge in [0, 0.05) is 6.54 Å². The number of methoxy groups -OCH3 is 2. The molecule has 0 saturated carbocycles. The number of hydrogen-bond donors (Lipinski definition) is 2. The lowest BCUT2D eigenvalue weighted by atomic mass is 10.1. The van der Waals surface area contributed by atoms with Gasteiger partial charge in [-0.2, -0.15) is 0 Å². The fourth-order valence-corrected chi connectivity index (χ4v) is 3.90. The summed E-state index contributed by atoms with van der Waals surface area (Å²) in [6.45, 7) is 0.687. The average Bonchev–Trinajstić information content (AvgIpc) is 3.05. The highest BCUT2D eigenvalue weighted by Gasteiger charge is 2.08. The van der Waals surface area contributed by atoms with Crippen molar-refractivity contribution in [2.75, 3.05) is 26.1 Å². The number of rotatable bonds is 6. The molecular weight excluding hydrogens is 390 g/mol. The predicted molar refractivity (Wildman–Crippen MR) is 112 cm³/mol. The second-order valence-electron chi connectivity index (χ2n) is 5.43. The Morgan fingerprint density at radius 3 is 2.73 bits per heavy atom. The average molecular weight is 408 g/mol. The van der Waals surface area contributed by atoms with Gasteiger partial charge in [-0.1, -0.05) is 35.1 Å². The number of hydrogen-bond acceptors (Lipinski definition) is 5. The maximum Gasteiger partial charge on any atom is 0.190 e. The summed E-state index contributed by atoms with van der Waals surface area (Å²) in [5, 5.41) is 8.18. The van der Waals surface area contributed by atoms with Crippen molar-refractivity contribution in [1.82, 2.24) is 10.3 Å². The fraction of sp³-hybridized carbons (Fsp3) is 0.222. The van der Waals surface area contributed by atoms with Gasteiger partial charge in [-0.25, -0.2) is 4.98 Å². The van der Waals surface area contributed by atoms with Gasteiger partial charge in [0.05, 0.1) is 23.9 Å². The molecule has 3 rings (SSSR count). The molecule has 0 amide bonds. The number of nitrogens with zero attached hydrogens (tertiary/aromatic N) is 1. The lowest BCUT2D eigenvalue weighted by Gasteiger charge is -2.11. The van der Waals surface area contributed by atoms with Crippen LogP contribution in [0.3, 0.4) is 0 Å². The summed E-state index contributed by atoms with van der Waals surface area (Å²) in [5.41, 5.74) is 1.92. The van der Waals surface area contributed by atoms with E-state index in [1.165, 1.54) is 11.3 Å². The molecule has 2 N–H and O–H groups in total. The molecule has 0 fully saturated rings. The molecule has 0 spiro atoms. The van der Waals surface area contributed by atoms with Crippen LogP contribution in [-0.2, 0) is 6.42 Å². The highest BCUT2D eigenvalue weighted by atomic mass is 35.5.